The zero-order valence-corrected chi connectivity index (χ0v) is 19.5. The quantitative estimate of drug-likeness (QED) is 0.257. The highest BCUT2D eigenvalue weighted by atomic mass is 127. The van der Waals surface area contributed by atoms with E-state index in [1.807, 2.05) is 32.0 Å². The Morgan fingerprint density at radius 1 is 1.13 bits per heavy atom. The number of guanidine groups is 1. The molecule has 0 fully saturated rings. The Hall–Kier alpha value is -2.14. The average molecular weight is 535 g/mol. The van der Waals surface area contributed by atoms with Crippen LogP contribution in [-0.2, 0) is 6.54 Å². The zero-order chi connectivity index (χ0) is 21.2. The first kappa shape index (κ1) is 25.9. The van der Waals surface area contributed by atoms with Gasteiger partial charge >= 0.3 is 6.61 Å². The monoisotopic (exact) mass is 535 g/mol. The molecular weight excluding hydrogens is 507 g/mol. The summed E-state index contributed by atoms with van der Waals surface area (Å²) in [5, 5.41) is 16.6. The van der Waals surface area contributed by atoms with Gasteiger partial charge in [-0.2, -0.15) is 8.78 Å². The molecule has 0 spiro atoms. The molecule has 2 rings (SSSR count). The molecule has 0 aromatic heterocycles. The second kappa shape index (κ2) is 13.2. The van der Waals surface area contributed by atoms with Crippen molar-refractivity contribution in [3.63, 3.8) is 0 Å². The molecule has 3 N–H and O–H groups in total. The second-order valence-corrected chi connectivity index (χ2v) is 6.34. The fourth-order valence-electron chi connectivity index (χ4n) is 2.73. The van der Waals surface area contributed by atoms with Crippen molar-refractivity contribution < 1.29 is 23.4 Å². The van der Waals surface area contributed by atoms with Gasteiger partial charge in [0.15, 0.2) is 5.96 Å². The Morgan fingerprint density at radius 3 is 2.40 bits per heavy atom. The summed E-state index contributed by atoms with van der Waals surface area (Å²) in [7, 11) is 1.64. The van der Waals surface area contributed by atoms with E-state index in [4.69, 9.17) is 4.74 Å². The van der Waals surface area contributed by atoms with E-state index < -0.39 is 12.7 Å². The van der Waals surface area contributed by atoms with Crippen LogP contribution < -0.4 is 20.1 Å². The van der Waals surface area contributed by atoms with Gasteiger partial charge in [-0.15, -0.1) is 24.0 Å². The van der Waals surface area contributed by atoms with Crippen LogP contribution in [0.5, 0.6) is 11.5 Å². The number of hydrogen-bond acceptors (Lipinski definition) is 4. The largest absolute Gasteiger partial charge is 0.496 e. The van der Waals surface area contributed by atoms with Crippen LogP contribution in [0.1, 0.15) is 29.7 Å². The number of methoxy groups -OCH3 is 1. The minimum absolute atomic E-state index is 0. The van der Waals surface area contributed by atoms with Gasteiger partial charge in [-0.25, -0.2) is 4.99 Å². The van der Waals surface area contributed by atoms with Crippen molar-refractivity contribution in [3.8, 4) is 11.5 Å². The summed E-state index contributed by atoms with van der Waals surface area (Å²) in [6.45, 7) is 2.40. The number of hydrogen-bond donors (Lipinski definition) is 3. The molecule has 1 unspecified atom stereocenters. The van der Waals surface area contributed by atoms with E-state index in [0.717, 1.165) is 16.9 Å². The Labute approximate surface area is 192 Å². The van der Waals surface area contributed by atoms with Gasteiger partial charge in [0.25, 0.3) is 0 Å². The van der Waals surface area contributed by atoms with Gasteiger partial charge in [0.1, 0.15) is 11.5 Å². The van der Waals surface area contributed by atoms with Crippen LogP contribution >= 0.6 is 24.0 Å². The molecule has 30 heavy (non-hydrogen) atoms. The lowest BCUT2D eigenvalue weighted by Gasteiger charge is -2.16. The zero-order valence-electron chi connectivity index (χ0n) is 17.2. The van der Waals surface area contributed by atoms with Gasteiger partial charge in [0, 0.05) is 13.1 Å². The van der Waals surface area contributed by atoms with E-state index in [2.05, 4.69) is 20.4 Å². The molecule has 0 amide bonds. The number of benzene rings is 2. The van der Waals surface area contributed by atoms with E-state index >= 15 is 0 Å². The highest BCUT2D eigenvalue weighted by Crippen LogP contribution is 2.20. The third kappa shape index (κ3) is 8.31. The molecule has 0 aliphatic rings. The van der Waals surface area contributed by atoms with Crippen LogP contribution in [0.4, 0.5) is 8.78 Å². The molecule has 0 aliphatic carbocycles. The third-order valence-corrected chi connectivity index (χ3v) is 4.18. The van der Waals surface area contributed by atoms with Crippen LogP contribution in [0.25, 0.3) is 0 Å². The van der Waals surface area contributed by atoms with Crippen molar-refractivity contribution in [3.05, 3.63) is 59.2 Å². The Kier molecular flexibility index (Phi) is 11.4. The highest BCUT2D eigenvalue weighted by molar-refractivity contribution is 14.0. The number of nitrogens with one attached hydrogen (secondary N) is 2. The van der Waals surface area contributed by atoms with E-state index in [1.54, 1.807) is 19.2 Å². The summed E-state index contributed by atoms with van der Waals surface area (Å²) in [5.74, 6) is 1.45. The summed E-state index contributed by atoms with van der Waals surface area (Å²) in [5.41, 5.74) is 2.66. The number of alkyl halides is 2. The number of ether oxygens (including phenoxy) is 2. The Balaban J connectivity index is 0.00000450. The fourth-order valence-corrected chi connectivity index (χ4v) is 2.73. The number of aliphatic hydroxyl groups excluding tert-OH is 1. The topological polar surface area (TPSA) is 75.1 Å². The molecule has 0 radical (unpaired) electrons. The minimum atomic E-state index is -2.87. The molecule has 0 saturated carbocycles. The molecule has 166 valence electrons. The van der Waals surface area contributed by atoms with Crippen molar-refractivity contribution in [1.82, 2.24) is 10.6 Å². The molecule has 0 saturated heterocycles. The fraction of sp³-hybridized carbons (Fsp3) is 0.381. The molecule has 0 bridgehead atoms. The summed E-state index contributed by atoms with van der Waals surface area (Å²) in [6.07, 6.45) is -0.831. The lowest BCUT2D eigenvalue weighted by atomic mass is 10.1. The summed E-state index contributed by atoms with van der Waals surface area (Å²) < 4.78 is 34.0. The number of aryl methyl sites for hydroxylation is 1. The highest BCUT2D eigenvalue weighted by Gasteiger charge is 2.10. The lowest BCUT2D eigenvalue weighted by molar-refractivity contribution is -0.0498. The van der Waals surface area contributed by atoms with Gasteiger partial charge in [0.05, 0.1) is 19.8 Å². The van der Waals surface area contributed by atoms with Gasteiger partial charge in [-0.05, 0) is 48.7 Å². The summed E-state index contributed by atoms with van der Waals surface area (Å²) >= 11 is 0. The van der Waals surface area contributed by atoms with E-state index in [-0.39, 0.29) is 36.3 Å². The molecule has 2 aromatic rings. The summed E-state index contributed by atoms with van der Waals surface area (Å²) in [4.78, 5) is 4.53. The van der Waals surface area contributed by atoms with Crippen LogP contribution in [0.15, 0.2) is 47.5 Å². The van der Waals surface area contributed by atoms with Crippen LogP contribution in [0.3, 0.4) is 0 Å². The molecule has 9 heteroatoms. The summed E-state index contributed by atoms with van der Waals surface area (Å²) in [6, 6.07) is 11.8. The first-order valence-electron chi connectivity index (χ1n) is 9.31. The normalized spacial score (nSPS) is 12.2. The Morgan fingerprint density at radius 2 is 1.83 bits per heavy atom. The van der Waals surface area contributed by atoms with Crippen LogP contribution in [0, 0.1) is 6.92 Å². The predicted molar refractivity (Wildman–Crippen MR) is 124 cm³/mol. The van der Waals surface area contributed by atoms with Gasteiger partial charge < -0.3 is 25.2 Å². The third-order valence-electron chi connectivity index (χ3n) is 4.18. The maximum absolute atomic E-state index is 12.2. The smallest absolute Gasteiger partial charge is 0.387 e. The van der Waals surface area contributed by atoms with Crippen LogP contribution in [-0.4, -0.2) is 37.9 Å². The van der Waals surface area contributed by atoms with Gasteiger partial charge in [-0.3, -0.25) is 0 Å². The van der Waals surface area contributed by atoms with Crippen molar-refractivity contribution in [2.45, 2.75) is 33.1 Å². The molecule has 0 aliphatic heterocycles. The molecule has 1 atom stereocenters. The second-order valence-electron chi connectivity index (χ2n) is 6.34. The van der Waals surface area contributed by atoms with Crippen molar-refractivity contribution >= 4 is 29.9 Å². The molecular formula is C21H28F2IN3O3. The van der Waals surface area contributed by atoms with E-state index in [0.29, 0.717) is 24.6 Å². The number of nitrogens with zero attached hydrogens (tertiary/aromatic N) is 1. The maximum Gasteiger partial charge on any atom is 0.387 e. The van der Waals surface area contributed by atoms with Crippen molar-refractivity contribution in [1.29, 1.82) is 0 Å². The maximum atomic E-state index is 12.2. The molecule has 6 nitrogen and oxygen atoms in total. The first-order chi connectivity index (χ1) is 13.9. The van der Waals surface area contributed by atoms with Crippen molar-refractivity contribution in [2.75, 3.05) is 20.2 Å². The predicted octanol–water partition coefficient (Wildman–Crippen LogP) is 4.01. The van der Waals surface area contributed by atoms with Crippen molar-refractivity contribution in [2.24, 2.45) is 4.99 Å². The standard InChI is InChI=1S/C21H27F2N3O3.HI/c1-4-24-21(25-12-15-5-10-19(28-3)14(2)11-15)26-13-18(27)16-6-8-17(9-7-16)29-20(22)23;/h5-11,18,20,27H,4,12-13H2,1-3H3,(H2,24,25,26);1H. The van der Waals surface area contributed by atoms with Gasteiger partial charge in [-0.1, -0.05) is 24.3 Å². The first-order valence-corrected chi connectivity index (χ1v) is 9.31. The SMILES string of the molecule is CCNC(=NCc1ccc(OC)c(C)c1)NCC(O)c1ccc(OC(F)F)cc1.I. The lowest BCUT2D eigenvalue weighted by Crippen LogP contribution is -2.39. The number of aliphatic imine (C=N–C) groups is 1. The van der Waals surface area contributed by atoms with E-state index in [9.17, 15) is 13.9 Å². The minimum Gasteiger partial charge on any atom is -0.496 e. The average Bonchev–Trinajstić information content (AvgIpc) is 2.70. The number of aliphatic hydroxyl groups is 1. The molecule has 0 heterocycles. The Bertz CT molecular complexity index is 805. The molecule has 2 aromatic carbocycles. The van der Waals surface area contributed by atoms with Crippen LogP contribution in [0.2, 0.25) is 0 Å². The number of halogens is 3. The van der Waals surface area contributed by atoms with Gasteiger partial charge in [0.2, 0.25) is 0 Å². The van der Waals surface area contributed by atoms with E-state index in [1.165, 1.54) is 12.1 Å². The number of rotatable bonds is 9.